The second-order valence-corrected chi connectivity index (χ2v) is 7.84. The third-order valence-corrected chi connectivity index (χ3v) is 6.15. The Hall–Kier alpha value is -2.41. The highest BCUT2D eigenvalue weighted by Crippen LogP contribution is 2.41. The number of hydrogen-bond donors (Lipinski definition) is 3. The highest BCUT2D eigenvalue weighted by atomic mass is 32.1. The quantitative estimate of drug-likeness (QED) is 0.527. The molecule has 1 aliphatic carbocycles. The Morgan fingerprint density at radius 3 is 2.74 bits per heavy atom. The normalized spacial score (nSPS) is 16.6. The number of aliphatic imine (C=N–C) groups is 1. The molecular formula is C20H27N5OS. The maximum absolute atomic E-state index is 12.1. The van der Waals surface area contributed by atoms with Gasteiger partial charge in [-0.25, -0.2) is 0 Å². The molecule has 0 spiro atoms. The summed E-state index contributed by atoms with van der Waals surface area (Å²) < 4.78 is 0. The first-order valence-corrected chi connectivity index (χ1v) is 10.3. The number of carbonyl (C=O) groups is 1. The maximum Gasteiger partial charge on any atom is 0.243 e. The summed E-state index contributed by atoms with van der Waals surface area (Å²) in [4.78, 5) is 21.8. The topological polar surface area (TPSA) is 78.4 Å². The minimum absolute atomic E-state index is 0.128. The lowest BCUT2D eigenvalue weighted by Gasteiger charge is -2.37. The molecule has 1 amide bonds. The molecule has 1 fully saturated rings. The molecule has 0 saturated heterocycles. The highest BCUT2D eigenvalue weighted by molar-refractivity contribution is 7.10. The fraction of sp³-hybridized carbons (Fsp3) is 0.450. The Kier molecular flexibility index (Phi) is 6.81. The van der Waals surface area contributed by atoms with Crippen LogP contribution in [0, 0.1) is 0 Å². The molecule has 0 radical (unpaired) electrons. The fourth-order valence-corrected chi connectivity index (χ4v) is 4.59. The van der Waals surface area contributed by atoms with Gasteiger partial charge in [-0.1, -0.05) is 25.3 Å². The van der Waals surface area contributed by atoms with Gasteiger partial charge < -0.3 is 16.0 Å². The average molecular weight is 386 g/mol. The van der Waals surface area contributed by atoms with E-state index in [1.807, 2.05) is 17.4 Å². The van der Waals surface area contributed by atoms with Crippen LogP contribution in [0.15, 0.2) is 47.0 Å². The Balaban J connectivity index is 1.53. The third kappa shape index (κ3) is 5.29. The minimum Gasteiger partial charge on any atom is -0.355 e. The number of anilines is 1. The van der Waals surface area contributed by atoms with E-state index in [9.17, 15) is 4.79 Å². The first-order valence-electron chi connectivity index (χ1n) is 9.40. The lowest BCUT2D eigenvalue weighted by Crippen LogP contribution is -2.47. The lowest BCUT2D eigenvalue weighted by atomic mass is 9.73. The molecule has 7 heteroatoms. The van der Waals surface area contributed by atoms with Crippen LogP contribution in [0.5, 0.6) is 0 Å². The van der Waals surface area contributed by atoms with Gasteiger partial charge in [0.25, 0.3) is 0 Å². The van der Waals surface area contributed by atoms with Gasteiger partial charge in [-0.05, 0) is 36.4 Å². The van der Waals surface area contributed by atoms with Gasteiger partial charge in [0, 0.05) is 30.1 Å². The molecule has 2 aromatic heterocycles. The zero-order valence-electron chi connectivity index (χ0n) is 15.7. The molecular weight excluding hydrogens is 358 g/mol. The van der Waals surface area contributed by atoms with Crippen molar-refractivity contribution in [3.63, 3.8) is 0 Å². The number of rotatable bonds is 6. The molecule has 0 bridgehead atoms. The summed E-state index contributed by atoms with van der Waals surface area (Å²) in [5.41, 5.74) is 0.855. The van der Waals surface area contributed by atoms with E-state index in [1.54, 1.807) is 25.5 Å². The SMILES string of the molecule is CN=C(NCC(=O)Nc1cccnc1)NCC1(c2cccs2)CCCCC1. The summed E-state index contributed by atoms with van der Waals surface area (Å²) >= 11 is 1.84. The molecule has 0 atom stereocenters. The number of thiophene rings is 1. The number of pyridine rings is 1. The van der Waals surface area contributed by atoms with Crippen LogP contribution in [0.25, 0.3) is 0 Å². The van der Waals surface area contributed by atoms with Crippen LogP contribution in [-0.4, -0.2) is 37.0 Å². The van der Waals surface area contributed by atoms with E-state index in [2.05, 4.69) is 43.4 Å². The summed E-state index contributed by atoms with van der Waals surface area (Å²) in [7, 11) is 1.73. The van der Waals surface area contributed by atoms with Gasteiger partial charge in [0.2, 0.25) is 5.91 Å². The van der Waals surface area contributed by atoms with Crippen LogP contribution in [-0.2, 0) is 10.2 Å². The molecule has 1 saturated carbocycles. The van der Waals surface area contributed by atoms with Crippen molar-refractivity contribution in [1.29, 1.82) is 0 Å². The van der Waals surface area contributed by atoms with Gasteiger partial charge in [0.1, 0.15) is 0 Å². The molecule has 6 nitrogen and oxygen atoms in total. The van der Waals surface area contributed by atoms with Crippen molar-refractivity contribution in [3.8, 4) is 0 Å². The second kappa shape index (κ2) is 9.50. The first-order chi connectivity index (χ1) is 13.2. The number of aromatic nitrogens is 1. The molecule has 3 rings (SSSR count). The molecule has 2 heterocycles. The Morgan fingerprint density at radius 1 is 1.22 bits per heavy atom. The van der Waals surface area contributed by atoms with Crippen LogP contribution < -0.4 is 16.0 Å². The van der Waals surface area contributed by atoms with Crippen molar-refractivity contribution in [1.82, 2.24) is 15.6 Å². The van der Waals surface area contributed by atoms with Gasteiger partial charge in [-0.15, -0.1) is 11.3 Å². The summed E-state index contributed by atoms with van der Waals surface area (Å²) in [6.45, 7) is 0.984. The van der Waals surface area contributed by atoms with Crippen LogP contribution >= 0.6 is 11.3 Å². The lowest BCUT2D eigenvalue weighted by molar-refractivity contribution is -0.115. The molecule has 27 heavy (non-hydrogen) atoms. The minimum atomic E-state index is -0.128. The van der Waals surface area contributed by atoms with E-state index in [4.69, 9.17) is 0 Å². The highest BCUT2D eigenvalue weighted by Gasteiger charge is 2.34. The fourth-order valence-electron chi connectivity index (χ4n) is 3.60. The van der Waals surface area contributed by atoms with Gasteiger partial charge in [0.15, 0.2) is 5.96 Å². The van der Waals surface area contributed by atoms with Crippen molar-refractivity contribution in [2.75, 3.05) is 25.5 Å². The maximum atomic E-state index is 12.1. The number of guanidine groups is 1. The van der Waals surface area contributed by atoms with Gasteiger partial charge in [0.05, 0.1) is 18.4 Å². The summed E-state index contributed by atoms with van der Waals surface area (Å²) in [6, 6.07) is 7.98. The van der Waals surface area contributed by atoms with Crippen molar-refractivity contribution < 1.29 is 4.79 Å². The van der Waals surface area contributed by atoms with Crippen LogP contribution in [0.2, 0.25) is 0 Å². The molecule has 0 aromatic carbocycles. The van der Waals surface area contributed by atoms with E-state index in [0.29, 0.717) is 11.6 Å². The zero-order valence-corrected chi connectivity index (χ0v) is 16.5. The predicted octanol–water partition coefficient (Wildman–Crippen LogP) is 3.15. The summed E-state index contributed by atoms with van der Waals surface area (Å²) in [5.74, 6) is 0.523. The number of amides is 1. The van der Waals surface area contributed by atoms with Crippen LogP contribution in [0.4, 0.5) is 5.69 Å². The van der Waals surface area contributed by atoms with Gasteiger partial charge in [-0.3, -0.25) is 14.8 Å². The summed E-state index contributed by atoms with van der Waals surface area (Å²) in [6.07, 6.45) is 9.53. The van der Waals surface area contributed by atoms with Crippen LogP contribution in [0.3, 0.4) is 0 Å². The molecule has 3 N–H and O–H groups in total. The molecule has 2 aromatic rings. The third-order valence-electron chi connectivity index (χ3n) is 5.03. The Morgan fingerprint density at radius 2 is 2.07 bits per heavy atom. The van der Waals surface area contributed by atoms with E-state index < -0.39 is 0 Å². The summed E-state index contributed by atoms with van der Waals surface area (Å²) in [5, 5.41) is 11.5. The van der Waals surface area contributed by atoms with E-state index in [1.165, 1.54) is 37.0 Å². The zero-order chi connectivity index (χ0) is 19.0. The number of carbonyl (C=O) groups excluding carboxylic acids is 1. The van der Waals surface area contributed by atoms with Gasteiger partial charge >= 0.3 is 0 Å². The Labute approximate surface area is 164 Å². The molecule has 1 aliphatic rings. The smallest absolute Gasteiger partial charge is 0.243 e. The van der Waals surface area contributed by atoms with Crippen molar-refractivity contribution >= 4 is 28.9 Å². The van der Waals surface area contributed by atoms with Crippen molar-refractivity contribution in [3.05, 3.63) is 46.9 Å². The van der Waals surface area contributed by atoms with Gasteiger partial charge in [-0.2, -0.15) is 0 Å². The van der Waals surface area contributed by atoms with E-state index >= 15 is 0 Å². The predicted molar refractivity (Wildman–Crippen MR) is 111 cm³/mol. The number of hydrogen-bond acceptors (Lipinski definition) is 4. The standard InChI is InChI=1S/C20H27N5OS/c1-21-19(23-14-18(26)25-16-7-5-11-22-13-16)24-15-20(9-3-2-4-10-20)17-8-6-12-27-17/h5-8,11-13H,2-4,9-10,14-15H2,1H3,(H,25,26)(H2,21,23,24). The first kappa shape index (κ1) is 19.4. The van der Waals surface area contributed by atoms with E-state index in [-0.39, 0.29) is 17.9 Å². The molecule has 0 aliphatic heterocycles. The molecule has 0 unspecified atom stereocenters. The monoisotopic (exact) mass is 385 g/mol. The molecule has 144 valence electrons. The van der Waals surface area contributed by atoms with Crippen molar-refractivity contribution in [2.24, 2.45) is 4.99 Å². The van der Waals surface area contributed by atoms with Crippen LogP contribution in [0.1, 0.15) is 37.0 Å². The van der Waals surface area contributed by atoms with E-state index in [0.717, 1.165) is 6.54 Å². The number of nitrogens with zero attached hydrogens (tertiary/aromatic N) is 2. The number of nitrogens with one attached hydrogen (secondary N) is 3. The largest absolute Gasteiger partial charge is 0.355 e. The average Bonchev–Trinajstić information content (AvgIpc) is 3.25. The van der Waals surface area contributed by atoms with Crippen molar-refractivity contribution in [2.45, 2.75) is 37.5 Å². The second-order valence-electron chi connectivity index (χ2n) is 6.89. The Bertz CT molecular complexity index is 739.